The van der Waals surface area contributed by atoms with Crippen LogP contribution in [0.3, 0.4) is 0 Å². The van der Waals surface area contributed by atoms with Gasteiger partial charge < -0.3 is 19.7 Å². The Labute approximate surface area is 177 Å². The summed E-state index contributed by atoms with van der Waals surface area (Å²) in [4.78, 5) is 14.8. The number of para-hydroxylation sites is 3. The summed E-state index contributed by atoms with van der Waals surface area (Å²) in [5.41, 5.74) is 4.08. The largest absolute Gasteiger partial charge is 0.483 e. The number of nitrogens with one attached hydrogen (secondary N) is 1. The maximum Gasteiger partial charge on any atom is 0.262 e. The number of carbonyl (C=O) groups excluding carboxylic acids is 1. The van der Waals surface area contributed by atoms with Crippen molar-refractivity contribution in [2.75, 3.05) is 43.1 Å². The molecule has 1 fully saturated rings. The van der Waals surface area contributed by atoms with Gasteiger partial charge in [-0.15, -0.1) is 0 Å². The molecule has 5 nitrogen and oxygen atoms in total. The summed E-state index contributed by atoms with van der Waals surface area (Å²) in [6.45, 7) is 2.99. The van der Waals surface area contributed by atoms with E-state index in [1.807, 2.05) is 66.7 Å². The van der Waals surface area contributed by atoms with Crippen LogP contribution in [0.1, 0.15) is 11.1 Å². The van der Waals surface area contributed by atoms with Gasteiger partial charge in [0, 0.05) is 19.5 Å². The predicted octanol–water partition coefficient (Wildman–Crippen LogP) is 4.13. The molecular weight excluding hydrogens is 376 g/mol. The maximum absolute atomic E-state index is 12.6. The lowest BCUT2D eigenvalue weighted by atomic mass is 10.0. The molecule has 1 saturated heterocycles. The number of anilines is 2. The first-order valence-electron chi connectivity index (χ1n) is 10.3. The van der Waals surface area contributed by atoms with Crippen molar-refractivity contribution in [3.8, 4) is 5.75 Å². The van der Waals surface area contributed by atoms with Gasteiger partial charge in [-0.25, -0.2) is 0 Å². The van der Waals surface area contributed by atoms with Crippen LogP contribution in [0.2, 0.25) is 0 Å². The molecule has 4 rings (SSSR count). The van der Waals surface area contributed by atoms with Gasteiger partial charge in [0.1, 0.15) is 5.75 Å². The molecule has 1 aliphatic heterocycles. The van der Waals surface area contributed by atoms with Crippen LogP contribution in [-0.4, -0.2) is 38.8 Å². The second-order valence-electron chi connectivity index (χ2n) is 7.22. The van der Waals surface area contributed by atoms with Crippen molar-refractivity contribution in [3.05, 3.63) is 90.0 Å². The van der Waals surface area contributed by atoms with Crippen LogP contribution in [0.5, 0.6) is 5.75 Å². The second-order valence-corrected chi connectivity index (χ2v) is 7.22. The first-order valence-corrected chi connectivity index (χ1v) is 10.3. The summed E-state index contributed by atoms with van der Waals surface area (Å²) in [7, 11) is 0. The second kappa shape index (κ2) is 9.94. The van der Waals surface area contributed by atoms with Crippen molar-refractivity contribution < 1.29 is 14.3 Å². The summed E-state index contributed by atoms with van der Waals surface area (Å²) in [6, 6.07) is 26.0. The van der Waals surface area contributed by atoms with E-state index >= 15 is 0 Å². The van der Waals surface area contributed by atoms with Crippen molar-refractivity contribution in [3.63, 3.8) is 0 Å². The topological polar surface area (TPSA) is 50.8 Å². The molecule has 30 heavy (non-hydrogen) atoms. The first-order chi connectivity index (χ1) is 14.8. The molecule has 1 aliphatic rings. The van der Waals surface area contributed by atoms with Crippen LogP contribution in [0.15, 0.2) is 78.9 Å². The molecule has 0 bridgehead atoms. The Morgan fingerprint density at radius 2 is 1.60 bits per heavy atom. The number of ether oxygens (including phenoxy) is 2. The Morgan fingerprint density at radius 3 is 2.43 bits per heavy atom. The number of morpholine rings is 1. The zero-order valence-electron chi connectivity index (χ0n) is 16.9. The van der Waals surface area contributed by atoms with Crippen molar-refractivity contribution in [2.45, 2.75) is 6.42 Å². The molecule has 0 saturated carbocycles. The van der Waals surface area contributed by atoms with Gasteiger partial charge in [-0.1, -0.05) is 60.7 Å². The number of rotatable bonds is 7. The van der Waals surface area contributed by atoms with E-state index in [0.29, 0.717) is 13.2 Å². The third-order valence-corrected chi connectivity index (χ3v) is 5.10. The van der Waals surface area contributed by atoms with Crippen LogP contribution in [0.25, 0.3) is 0 Å². The lowest BCUT2D eigenvalue weighted by Gasteiger charge is -2.30. The molecule has 3 aromatic rings. The number of hydrogen-bond donors (Lipinski definition) is 1. The van der Waals surface area contributed by atoms with Gasteiger partial charge in [0.15, 0.2) is 6.61 Å². The SMILES string of the molecule is O=C(COc1ccccc1Cc1ccccc1)Nc1ccccc1N1CCOCC1. The third kappa shape index (κ3) is 5.19. The van der Waals surface area contributed by atoms with Gasteiger partial charge in [0.25, 0.3) is 5.91 Å². The Bertz CT molecular complexity index is 969. The Balaban J connectivity index is 1.39. The summed E-state index contributed by atoms with van der Waals surface area (Å²) in [6.07, 6.45) is 0.762. The summed E-state index contributed by atoms with van der Waals surface area (Å²) < 4.78 is 11.3. The quantitative estimate of drug-likeness (QED) is 0.646. The van der Waals surface area contributed by atoms with Crippen LogP contribution in [-0.2, 0) is 16.0 Å². The molecule has 0 radical (unpaired) electrons. The first kappa shape index (κ1) is 20.0. The molecule has 5 heteroatoms. The Kier molecular flexibility index (Phi) is 6.62. The van der Waals surface area contributed by atoms with Gasteiger partial charge in [0.2, 0.25) is 0 Å². The molecule has 0 aromatic heterocycles. The number of nitrogens with zero attached hydrogens (tertiary/aromatic N) is 1. The maximum atomic E-state index is 12.6. The smallest absolute Gasteiger partial charge is 0.262 e. The number of carbonyl (C=O) groups is 1. The Hall–Kier alpha value is -3.31. The molecule has 0 spiro atoms. The van der Waals surface area contributed by atoms with Gasteiger partial charge in [0.05, 0.1) is 24.6 Å². The third-order valence-electron chi connectivity index (χ3n) is 5.10. The van der Waals surface area contributed by atoms with E-state index in [4.69, 9.17) is 9.47 Å². The summed E-state index contributed by atoms with van der Waals surface area (Å²) >= 11 is 0. The summed E-state index contributed by atoms with van der Waals surface area (Å²) in [5.74, 6) is 0.559. The highest BCUT2D eigenvalue weighted by Crippen LogP contribution is 2.26. The molecule has 0 unspecified atom stereocenters. The molecular formula is C25H26N2O3. The van der Waals surface area contributed by atoms with Crippen LogP contribution >= 0.6 is 0 Å². The van der Waals surface area contributed by atoms with Crippen LogP contribution in [0.4, 0.5) is 11.4 Å². The highest BCUT2D eigenvalue weighted by atomic mass is 16.5. The molecule has 0 atom stereocenters. The zero-order valence-corrected chi connectivity index (χ0v) is 16.9. The fourth-order valence-electron chi connectivity index (χ4n) is 3.60. The van der Waals surface area contributed by atoms with Gasteiger partial charge in [-0.2, -0.15) is 0 Å². The number of benzene rings is 3. The molecule has 154 valence electrons. The highest BCUT2D eigenvalue weighted by Gasteiger charge is 2.16. The molecule has 1 N–H and O–H groups in total. The van der Waals surface area contributed by atoms with Crippen LogP contribution in [0, 0.1) is 0 Å². The van der Waals surface area contributed by atoms with Crippen LogP contribution < -0.4 is 15.0 Å². The van der Waals surface area contributed by atoms with Gasteiger partial charge in [-0.3, -0.25) is 4.79 Å². The average Bonchev–Trinajstić information content (AvgIpc) is 2.80. The summed E-state index contributed by atoms with van der Waals surface area (Å²) in [5, 5.41) is 3.00. The lowest BCUT2D eigenvalue weighted by molar-refractivity contribution is -0.118. The minimum atomic E-state index is -0.176. The van der Waals surface area contributed by atoms with E-state index in [1.165, 1.54) is 5.56 Å². The predicted molar refractivity (Wildman–Crippen MR) is 119 cm³/mol. The van der Waals surface area contributed by atoms with E-state index in [0.717, 1.165) is 42.2 Å². The zero-order chi connectivity index (χ0) is 20.6. The standard InChI is InChI=1S/C25H26N2O3/c28-25(26-22-11-5-6-12-23(22)27-14-16-29-17-15-27)19-30-24-13-7-4-10-21(24)18-20-8-2-1-3-9-20/h1-13H,14-19H2,(H,26,28). The minimum absolute atomic E-state index is 0.0384. The van der Waals surface area contributed by atoms with E-state index < -0.39 is 0 Å². The van der Waals surface area contributed by atoms with E-state index in [-0.39, 0.29) is 12.5 Å². The monoisotopic (exact) mass is 402 g/mol. The fraction of sp³-hybridized carbons (Fsp3) is 0.240. The highest BCUT2D eigenvalue weighted by molar-refractivity contribution is 5.95. The molecule has 0 aliphatic carbocycles. The van der Waals surface area contributed by atoms with Crippen molar-refractivity contribution >= 4 is 17.3 Å². The average molecular weight is 402 g/mol. The molecule has 1 amide bonds. The van der Waals surface area contributed by atoms with E-state index in [2.05, 4.69) is 22.3 Å². The number of hydrogen-bond acceptors (Lipinski definition) is 4. The van der Waals surface area contributed by atoms with Gasteiger partial charge in [-0.05, 0) is 29.3 Å². The minimum Gasteiger partial charge on any atom is -0.483 e. The van der Waals surface area contributed by atoms with E-state index in [9.17, 15) is 4.79 Å². The van der Waals surface area contributed by atoms with Crippen molar-refractivity contribution in [2.24, 2.45) is 0 Å². The molecule has 1 heterocycles. The Morgan fingerprint density at radius 1 is 0.900 bits per heavy atom. The van der Waals surface area contributed by atoms with Crippen molar-refractivity contribution in [1.82, 2.24) is 0 Å². The fourth-order valence-corrected chi connectivity index (χ4v) is 3.60. The van der Waals surface area contributed by atoms with Gasteiger partial charge >= 0.3 is 0 Å². The lowest BCUT2D eigenvalue weighted by Crippen LogP contribution is -2.37. The number of amides is 1. The van der Waals surface area contributed by atoms with E-state index in [1.54, 1.807) is 0 Å². The molecule has 3 aromatic carbocycles. The normalized spacial score (nSPS) is 13.7. The van der Waals surface area contributed by atoms with Crippen molar-refractivity contribution in [1.29, 1.82) is 0 Å².